The minimum absolute atomic E-state index is 0.109. The molecule has 0 atom stereocenters. The summed E-state index contributed by atoms with van der Waals surface area (Å²) in [7, 11) is -1.93. The summed E-state index contributed by atoms with van der Waals surface area (Å²) >= 11 is 4.87. The number of nitrogens with zero attached hydrogens (tertiary/aromatic N) is 1. The molecule has 1 aromatic rings. The second kappa shape index (κ2) is 5.56. The van der Waals surface area contributed by atoms with Crippen molar-refractivity contribution in [2.24, 2.45) is 11.1 Å². The fraction of sp³-hybridized carbons (Fsp3) is 0.462. The van der Waals surface area contributed by atoms with Crippen LogP contribution in [-0.2, 0) is 10.0 Å². The molecule has 0 aliphatic carbocycles. The second-order valence-electron chi connectivity index (χ2n) is 5.71. The highest BCUT2D eigenvalue weighted by Gasteiger charge is 2.25. The molecule has 0 saturated heterocycles. The molecule has 1 aromatic carbocycles. The number of sulfonamides is 1. The predicted octanol–water partition coefficient (Wildman–Crippen LogP) is 1.99. The number of thiocarbonyl (C=S) groups is 1. The molecule has 4 nitrogen and oxygen atoms in total. The van der Waals surface area contributed by atoms with Crippen LogP contribution in [0.25, 0.3) is 0 Å². The summed E-state index contributed by atoms with van der Waals surface area (Å²) in [5.74, 6) is 0. The van der Waals surface area contributed by atoms with E-state index in [2.05, 4.69) is 0 Å². The van der Waals surface area contributed by atoms with Gasteiger partial charge in [-0.2, -0.15) is 0 Å². The van der Waals surface area contributed by atoms with E-state index >= 15 is 0 Å². The highest BCUT2D eigenvalue weighted by molar-refractivity contribution is 7.89. The Balaban J connectivity index is 3.13. The largest absolute Gasteiger partial charge is 0.389 e. The Labute approximate surface area is 120 Å². The quantitative estimate of drug-likeness (QED) is 0.864. The van der Waals surface area contributed by atoms with Gasteiger partial charge in [-0.05, 0) is 17.5 Å². The summed E-state index contributed by atoms with van der Waals surface area (Å²) in [5.41, 5.74) is 5.97. The van der Waals surface area contributed by atoms with Crippen molar-refractivity contribution >= 4 is 27.2 Å². The maximum absolute atomic E-state index is 12.4. The van der Waals surface area contributed by atoms with Crippen LogP contribution >= 0.6 is 12.2 Å². The zero-order valence-electron chi connectivity index (χ0n) is 11.7. The van der Waals surface area contributed by atoms with Gasteiger partial charge in [0.2, 0.25) is 10.0 Å². The Morgan fingerprint density at radius 2 is 1.95 bits per heavy atom. The molecular weight excluding hydrogens is 280 g/mol. The first-order valence-corrected chi connectivity index (χ1v) is 7.75. The summed E-state index contributed by atoms with van der Waals surface area (Å²) in [5, 5.41) is 0. The van der Waals surface area contributed by atoms with Crippen molar-refractivity contribution in [3.63, 3.8) is 0 Å². The zero-order chi connectivity index (χ0) is 14.8. The van der Waals surface area contributed by atoms with Crippen LogP contribution in [0.15, 0.2) is 29.2 Å². The number of rotatable bonds is 4. The van der Waals surface area contributed by atoms with Crippen LogP contribution in [-0.4, -0.2) is 31.3 Å². The normalized spacial score (nSPS) is 12.7. The van der Waals surface area contributed by atoms with Gasteiger partial charge in [0.1, 0.15) is 4.99 Å². The maximum Gasteiger partial charge on any atom is 0.242 e. The molecule has 0 aliphatic heterocycles. The SMILES string of the molecule is CN(CC(C)(C)C)S(=O)(=O)c1cccc(C(N)=S)c1. The van der Waals surface area contributed by atoms with E-state index in [0.717, 1.165) is 0 Å². The van der Waals surface area contributed by atoms with Gasteiger partial charge in [0.05, 0.1) is 4.90 Å². The van der Waals surface area contributed by atoms with E-state index in [9.17, 15) is 8.42 Å². The molecule has 0 bridgehead atoms. The van der Waals surface area contributed by atoms with E-state index in [1.165, 1.54) is 10.4 Å². The van der Waals surface area contributed by atoms with Crippen LogP contribution in [0.5, 0.6) is 0 Å². The topological polar surface area (TPSA) is 63.4 Å². The van der Waals surface area contributed by atoms with E-state index in [1.54, 1.807) is 25.2 Å². The third-order valence-corrected chi connectivity index (χ3v) is 4.56. The second-order valence-corrected chi connectivity index (χ2v) is 8.20. The maximum atomic E-state index is 12.4. The van der Waals surface area contributed by atoms with Crippen molar-refractivity contribution in [2.75, 3.05) is 13.6 Å². The molecule has 6 heteroatoms. The standard InChI is InChI=1S/C13H20N2O2S2/c1-13(2,3)9-15(4)19(16,17)11-7-5-6-10(8-11)12(14)18/h5-8H,9H2,1-4H3,(H2,14,18). The average molecular weight is 300 g/mol. The minimum atomic E-state index is -3.51. The molecule has 0 radical (unpaired) electrons. The van der Waals surface area contributed by atoms with Crippen molar-refractivity contribution in [1.82, 2.24) is 4.31 Å². The highest BCUT2D eigenvalue weighted by Crippen LogP contribution is 2.21. The van der Waals surface area contributed by atoms with E-state index in [-0.39, 0.29) is 15.3 Å². The number of benzene rings is 1. The first kappa shape index (κ1) is 16.1. The Hall–Kier alpha value is -0.980. The van der Waals surface area contributed by atoms with Gasteiger partial charge < -0.3 is 5.73 Å². The molecular formula is C13H20N2O2S2. The summed E-state index contributed by atoms with van der Waals surface area (Å²) in [6.45, 7) is 6.41. The van der Waals surface area contributed by atoms with Gasteiger partial charge in [-0.15, -0.1) is 0 Å². The van der Waals surface area contributed by atoms with Crippen LogP contribution in [0.2, 0.25) is 0 Å². The van der Waals surface area contributed by atoms with Crippen molar-refractivity contribution in [3.05, 3.63) is 29.8 Å². The van der Waals surface area contributed by atoms with Crippen molar-refractivity contribution in [3.8, 4) is 0 Å². The monoisotopic (exact) mass is 300 g/mol. The predicted molar refractivity (Wildman–Crippen MR) is 81.6 cm³/mol. The third-order valence-electron chi connectivity index (χ3n) is 2.52. The van der Waals surface area contributed by atoms with Gasteiger partial charge >= 0.3 is 0 Å². The zero-order valence-corrected chi connectivity index (χ0v) is 13.3. The first-order valence-electron chi connectivity index (χ1n) is 5.90. The highest BCUT2D eigenvalue weighted by atomic mass is 32.2. The number of hydrogen-bond acceptors (Lipinski definition) is 3. The summed E-state index contributed by atoms with van der Waals surface area (Å²) < 4.78 is 26.2. The minimum Gasteiger partial charge on any atom is -0.389 e. The lowest BCUT2D eigenvalue weighted by Gasteiger charge is -2.26. The van der Waals surface area contributed by atoms with Gasteiger partial charge in [0, 0.05) is 19.2 Å². The lowest BCUT2D eigenvalue weighted by molar-refractivity contribution is 0.311. The molecule has 2 N–H and O–H groups in total. The fourth-order valence-electron chi connectivity index (χ4n) is 1.74. The van der Waals surface area contributed by atoms with E-state index in [4.69, 9.17) is 18.0 Å². The van der Waals surface area contributed by atoms with Crippen LogP contribution in [0.4, 0.5) is 0 Å². The van der Waals surface area contributed by atoms with Gasteiger partial charge in [-0.1, -0.05) is 45.1 Å². The van der Waals surface area contributed by atoms with Gasteiger partial charge in [-0.3, -0.25) is 0 Å². The van der Waals surface area contributed by atoms with Crippen molar-refractivity contribution < 1.29 is 8.42 Å². The molecule has 0 amide bonds. The Bertz CT molecular complexity index is 575. The molecule has 0 fully saturated rings. The Kier molecular flexibility index (Phi) is 4.71. The molecule has 1 rings (SSSR count). The van der Waals surface area contributed by atoms with Crippen molar-refractivity contribution in [2.45, 2.75) is 25.7 Å². The van der Waals surface area contributed by atoms with E-state index in [1.807, 2.05) is 20.8 Å². The van der Waals surface area contributed by atoms with E-state index < -0.39 is 10.0 Å². The number of hydrogen-bond donors (Lipinski definition) is 1. The molecule has 106 valence electrons. The van der Waals surface area contributed by atoms with Crippen LogP contribution in [0.1, 0.15) is 26.3 Å². The summed E-state index contributed by atoms with van der Waals surface area (Å²) in [6.07, 6.45) is 0. The molecule has 19 heavy (non-hydrogen) atoms. The lowest BCUT2D eigenvalue weighted by Crippen LogP contribution is -2.34. The average Bonchev–Trinajstić information content (AvgIpc) is 2.26. The van der Waals surface area contributed by atoms with Gasteiger partial charge in [-0.25, -0.2) is 12.7 Å². The molecule has 0 aliphatic rings. The Morgan fingerprint density at radius 1 is 1.37 bits per heavy atom. The van der Waals surface area contributed by atoms with Crippen LogP contribution in [0.3, 0.4) is 0 Å². The van der Waals surface area contributed by atoms with Gasteiger partial charge in [0.25, 0.3) is 0 Å². The third kappa shape index (κ3) is 4.26. The molecule has 0 unspecified atom stereocenters. The van der Waals surface area contributed by atoms with Gasteiger partial charge in [0.15, 0.2) is 0 Å². The van der Waals surface area contributed by atoms with Crippen LogP contribution < -0.4 is 5.73 Å². The number of nitrogens with two attached hydrogens (primary N) is 1. The molecule has 0 saturated carbocycles. The molecule has 0 aromatic heterocycles. The molecule has 0 spiro atoms. The van der Waals surface area contributed by atoms with E-state index in [0.29, 0.717) is 12.1 Å². The summed E-state index contributed by atoms with van der Waals surface area (Å²) in [6, 6.07) is 6.41. The first-order chi connectivity index (χ1) is 8.54. The Morgan fingerprint density at radius 3 is 2.42 bits per heavy atom. The smallest absolute Gasteiger partial charge is 0.242 e. The summed E-state index contributed by atoms with van der Waals surface area (Å²) in [4.78, 5) is 0.403. The fourth-order valence-corrected chi connectivity index (χ4v) is 3.31. The molecule has 0 heterocycles. The van der Waals surface area contributed by atoms with Crippen molar-refractivity contribution in [1.29, 1.82) is 0 Å². The lowest BCUT2D eigenvalue weighted by atomic mass is 9.97. The van der Waals surface area contributed by atoms with Crippen LogP contribution in [0, 0.1) is 5.41 Å².